The fraction of sp³-hybridized carbons (Fsp3) is 0.647. The van der Waals surface area contributed by atoms with E-state index in [9.17, 15) is 5.11 Å². The number of benzene rings is 1. The molecule has 0 bridgehead atoms. The maximum Gasteiger partial charge on any atom is 0.120 e. The summed E-state index contributed by atoms with van der Waals surface area (Å²) in [6, 6.07) is 7.96. The van der Waals surface area contributed by atoms with Gasteiger partial charge in [-0.25, -0.2) is 0 Å². The highest BCUT2D eigenvalue weighted by molar-refractivity contribution is 5.50. The number of methoxy groups -OCH3 is 1. The van der Waals surface area contributed by atoms with Crippen LogP contribution in [0.4, 0.5) is 5.69 Å². The number of aliphatic hydroxyl groups is 1. The van der Waals surface area contributed by atoms with Crippen molar-refractivity contribution in [1.29, 1.82) is 0 Å². The highest BCUT2D eigenvalue weighted by Crippen LogP contribution is 2.38. The Bertz CT molecular complexity index is 433. The predicted octanol–water partition coefficient (Wildman–Crippen LogP) is 3.68. The molecule has 0 aliphatic heterocycles. The molecule has 3 nitrogen and oxygen atoms in total. The molecule has 1 aliphatic carbocycles. The van der Waals surface area contributed by atoms with E-state index in [1.54, 1.807) is 7.11 Å². The Hall–Kier alpha value is -1.22. The van der Waals surface area contributed by atoms with Crippen LogP contribution >= 0.6 is 0 Å². The Balaban J connectivity index is 2.14. The summed E-state index contributed by atoms with van der Waals surface area (Å²) in [4.78, 5) is 0. The van der Waals surface area contributed by atoms with Crippen molar-refractivity contribution in [2.45, 2.75) is 45.1 Å². The van der Waals surface area contributed by atoms with Gasteiger partial charge in [0.05, 0.1) is 19.3 Å². The number of aliphatic hydroxyl groups excluding tert-OH is 1. The minimum Gasteiger partial charge on any atom is -0.497 e. The van der Waals surface area contributed by atoms with Crippen molar-refractivity contribution in [1.82, 2.24) is 0 Å². The molecule has 20 heavy (non-hydrogen) atoms. The van der Waals surface area contributed by atoms with Crippen molar-refractivity contribution >= 4 is 5.69 Å². The van der Waals surface area contributed by atoms with E-state index in [0.29, 0.717) is 11.8 Å². The lowest BCUT2D eigenvalue weighted by Gasteiger charge is -2.42. The summed E-state index contributed by atoms with van der Waals surface area (Å²) in [6.07, 6.45) is 4.53. The van der Waals surface area contributed by atoms with Crippen molar-refractivity contribution in [3.8, 4) is 5.75 Å². The number of ether oxygens (including phenoxy) is 1. The van der Waals surface area contributed by atoms with Crippen LogP contribution < -0.4 is 10.1 Å². The van der Waals surface area contributed by atoms with Gasteiger partial charge in [-0.2, -0.15) is 0 Å². The van der Waals surface area contributed by atoms with Crippen LogP contribution in [0.25, 0.3) is 0 Å². The molecule has 2 unspecified atom stereocenters. The van der Waals surface area contributed by atoms with Crippen LogP contribution in [0.2, 0.25) is 0 Å². The molecule has 1 saturated carbocycles. The third-order valence-corrected chi connectivity index (χ3v) is 4.61. The molecule has 0 aromatic heterocycles. The van der Waals surface area contributed by atoms with Crippen LogP contribution in [-0.2, 0) is 0 Å². The molecule has 1 aromatic rings. The molecule has 112 valence electrons. The highest BCUT2D eigenvalue weighted by Gasteiger charge is 2.36. The average molecular weight is 277 g/mol. The second-order valence-electron chi connectivity index (χ2n) is 6.40. The van der Waals surface area contributed by atoms with Gasteiger partial charge >= 0.3 is 0 Å². The van der Waals surface area contributed by atoms with Gasteiger partial charge in [-0.3, -0.25) is 0 Å². The van der Waals surface area contributed by atoms with E-state index in [0.717, 1.165) is 24.3 Å². The summed E-state index contributed by atoms with van der Waals surface area (Å²) in [5.74, 6) is 2.21. The summed E-state index contributed by atoms with van der Waals surface area (Å²) in [5, 5.41) is 13.5. The number of hydrogen-bond acceptors (Lipinski definition) is 3. The fourth-order valence-electron chi connectivity index (χ4n) is 3.28. The van der Waals surface area contributed by atoms with Crippen molar-refractivity contribution in [2.24, 2.45) is 11.8 Å². The van der Waals surface area contributed by atoms with Crippen molar-refractivity contribution in [2.75, 3.05) is 19.0 Å². The zero-order valence-electron chi connectivity index (χ0n) is 12.9. The van der Waals surface area contributed by atoms with Gasteiger partial charge in [0.25, 0.3) is 0 Å². The van der Waals surface area contributed by atoms with Crippen molar-refractivity contribution in [3.63, 3.8) is 0 Å². The molecule has 0 spiro atoms. The number of rotatable bonds is 5. The summed E-state index contributed by atoms with van der Waals surface area (Å²) in [7, 11) is 1.68. The van der Waals surface area contributed by atoms with E-state index < -0.39 is 0 Å². The third kappa shape index (κ3) is 3.45. The lowest BCUT2D eigenvalue weighted by molar-refractivity contribution is 0.126. The lowest BCUT2D eigenvalue weighted by Crippen LogP contribution is -2.47. The monoisotopic (exact) mass is 277 g/mol. The maximum atomic E-state index is 9.94. The Morgan fingerprint density at radius 2 is 2.25 bits per heavy atom. The first kappa shape index (κ1) is 15.2. The Labute approximate surface area is 122 Å². The van der Waals surface area contributed by atoms with E-state index in [2.05, 4.69) is 19.2 Å². The SMILES string of the molecule is COc1cccc(NC2(CO)CCCC(C(C)C)C2)c1. The number of anilines is 1. The molecule has 1 aromatic carbocycles. The average Bonchev–Trinajstić information content (AvgIpc) is 2.47. The van der Waals surface area contributed by atoms with E-state index >= 15 is 0 Å². The molecule has 0 radical (unpaired) electrons. The predicted molar refractivity (Wildman–Crippen MR) is 83.2 cm³/mol. The summed E-state index contributed by atoms with van der Waals surface area (Å²) in [6.45, 7) is 4.75. The van der Waals surface area contributed by atoms with E-state index in [4.69, 9.17) is 4.74 Å². The van der Waals surface area contributed by atoms with Crippen molar-refractivity contribution in [3.05, 3.63) is 24.3 Å². The molecule has 0 heterocycles. The first-order chi connectivity index (χ1) is 9.58. The zero-order valence-corrected chi connectivity index (χ0v) is 12.9. The molecule has 2 atom stereocenters. The van der Waals surface area contributed by atoms with Gasteiger partial charge < -0.3 is 15.2 Å². The minimum absolute atomic E-state index is 0.181. The molecule has 3 heteroatoms. The molecule has 2 N–H and O–H groups in total. The summed E-state index contributed by atoms with van der Waals surface area (Å²) < 4.78 is 5.27. The normalized spacial score (nSPS) is 26.6. The molecule has 2 rings (SSSR count). The lowest BCUT2D eigenvalue weighted by atomic mass is 9.72. The van der Waals surface area contributed by atoms with Gasteiger partial charge in [0.1, 0.15) is 5.75 Å². The number of nitrogens with one attached hydrogen (secondary N) is 1. The summed E-state index contributed by atoms with van der Waals surface area (Å²) >= 11 is 0. The standard InChI is InChI=1S/C17H27NO2/c1-13(2)14-6-5-9-17(11-14,12-19)18-15-7-4-8-16(10-15)20-3/h4,7-8,10,13-14,18-19H,5-6,9,11-12H2,1-3H3. The van der Waals surface area contributed by atoms with Crippen molar-refractivity contribution < 1.29 is 9.84 Å². The first-order valence-corrected chi connectivity index (χ1v) is 7.62. The highest BCUT2D eigenvalue weighted by atomic mass is 16.5. The Kier molecular flexibility index (Phi) is 4.92. The Morgan fingerprint density at radius 3 is 2.90 bits per heavy atom. The van der Waals surface area contributed by atoms with Gasteiger partial charge in [0.15, 0.2) is 0 Å². The van der Waals surface area contributed by atoms with E-state index in [1.165, 1.54) is 12.8 Å². The minimum atomic E-state index is -0.181. The van der Waals surface area contributed by atoms with E-state index in [1.807, 2.05) is 24.3 Å². The van der Waals surface area contributed by atoms with Gasteiger partial charge in [0, 0.05) is 11.8 Å². The van der Waals surface area contributed by atoms with Gasteiger partial charge in [-0.15, -0.1) is 0 Å². The third-order valence-electron chi connectivity index (χ3n) is 4.61. The zero-order chi connectivity index (χ0) is 14.6. The molecule has 1 aliphatic rings. The topological polar surface area (TPSA) is 41.5 Å². The van der Waals surface area contributed by atoms with Gasteiger partial charge in [-0.1, -0.05) is 32.8 Å². The molecular formula is C17H27NO2. The number of hydrogen-bond donors (Lipinski definition) is 2. The molecule has 0 amide bonds. The van der Waals surface area contributed by atoms with Gasteiger partial charge in [0.2, 0.25) is 0 Å². The molecule has 1 fully saturated rings. The summed E-state index contributed by atoms with van der Waals surface area (Å²) in [5.41, 5.74) is 0.849. The first-order valence-electron chi connectivity index (χ1n) is 7.62. The maximum absolute atomic E-state index is 9.94. The largest absolute Gasteiger partial charge is 0.497 e. The second-order valence-corrected chi connectivity index (χ2v) is 6.40. The smallest absolute Gasteiger partial charge is 0.120 e. The van der Waals surface area contributed by atoms with Crippen LogP contribution in [0.15, 0.2) is 24.3 Å². The quantitative estimate of drug-likeness (QED) is 0.862. The fourth-order valence-corrected chi connectivity index (χ4v) is 3.28. The van der Waals surface area contributed by atoms with Gasteiger partial charge in [-0.05, 0) is 36.8 Å². The van der Waals surface area contributed by atoms with Crippen LogP contribution in [0.5, 0.6) is 5.75 Å². The molecular weight excluding hydrogens is 250 g/mol. The Morgan fingerprint density at radius 1 is 1.45 bits per heavy atom. The van der Waals surface area contributed by atoms with Crippen LogP contribution in [0.1, 0.15) is 39.5 Å². The van der Waals surface area contributed by atoms with Crippen LogP contribution in [0, 0.1) is 11.8 Å². The molecule has 0 saturated heterocycles. The van der Waals surface area contributed by atoms with Crippen LogP contribution in [-0.4, -0.2) is 24.4 Å². The van der Waals surface area contributed by atoms with E-state index in [-0.39, 0.29) is 12.1 Å². The second kappa shape index (κ2) is 6.49. The van der Waals surface area contributed by atoms with Crippen LogP contribution in [0.3, 0.4) is 0 Å².